The molecule has 3 N–H and O–H groups in total. The monoisotopic (exact) mass is 412 g/mol. The molecule has 2 aromatic carbocycles. The predicted octanol–water partition coefficient (Wildman–Crippen LogP) is 2.80. The van der Waals surface area contributed by atoms with Crippen LogP contribution in [0.1, 0.15) is 23.2 Å². The molecule has 152 valence electrons. The molecule has 3 rings (SSSR count). The number of H-pyrrole nitrogens is 1. The maximum absolute atomic E-state index is 13.3. The molecule has 0 atom stereocenters. The molecule has 1 aromatic heterocycles. The Bertz CT molecular complexity index is 1140. The van der Waals surface area contributed by atoms with Crippen molar-refractivity contribution in [3.8, 4) is 0 Å². The smallest absolute Gasteiger partial charge is 0.264 e. The molecule has 0 spiro atoms. The molecule has 0 aliphatic carbocycles. The van der Waals surface area contributed by atoms with Gasteiger partial charge in [-0.15, -0.1) is 0 Å². The van der Waals surface area contributed by atoms with E-state index in [2.05, 4.69) is 9.97 Å². The lowest BCUT2D eigenvalue weighted by molar-refractivity contribution is 0.589. The van der Waals surface area contributed by atoms with Gasteiger partial charge >= 0.3 is 0 Å². The number of nitrogens with one attached hydrogen (secondary N) is 1. The summed E-state index contributed by atoms with van der Waals surface area (Å²) < 4.78 is 28.0. The van der Waals surface area contributed by atoms with Crippen LogP contribution < -0.4 is 15.6 Å². The Hall–Kier alpha value is -3.13. The van der Waals surface area contributed by atoms with Crippen molar-refractivity contribution in [3.63, 3.8) is 0 Å². The number of aryl methyl sites for hydroxylation is 2. The number of aromatic amines is 1. The lowest BCUT2D eigenvalue weighted by Gasteiger charge is -2.24. The molecule has 0 bridgehead atoms. The van der Waals surface area contributed by atoms with Crippen molar-refractivity contribution < 1.29 is 8.42 Å². The van der Waals surface area contributed by atoms with E-state index in [9.17, 15) is 13.2 Å². The van der Waals surface area contributed by atoms with Crippen LogP contribution in [0.2, 0.25) is 0 Å². The Morgan fingerprint density at radius 3 is 2.31 bits per heavy atom. The van der Waals surface area contributed by atoms with Crippen molar-refractivity contribution in [2.75, 3.05) is 16.6 Å². The highest BCUT2D eigenvalue weighted by Crippen LogP contribution is 2.24. The van der Waals surface area contributed by atoms with Gasteiger partial charge in [0, 0.05) is 17.8 Å². The summed E-state index contributed by atoms with van der Waals surface area (Å²) in [4.78, 5) is 19.0. The van der Waals surface area contributed by atoms with Crippen LogP contribution in [-0.4, -0.2) is 24.9 Å². The number of hydrogen-bond acceptors (Lipinski definition) is 5. The fraction of sp³-hybridized carbons (Fsp3) is 0.238. The van der Waals surface area contributed by atoms with Crippen LogP contribution in [0.4, 0.5) is 11.6 Å². The molecule has 8 heteroatoms. The predicted molar refractivity (Wildman–Crippen MR) is 114 cm³/mol. The van der Waals surface area contributed by atoms with Crippen molar-refractivity contribution in [3.05, 3.63) is 81.8 Å². The minimum Gasteiger partial charge on any atom is -0.369 e. The Kier molecular flexibility index (Phi) is 6.03. The van der Waals surface area contributed by atoms with Crippen LogP contribution >= 0.6 is 0 Å². The molecule has 0 amide bonds. The van der Waals surface area contributed by atoms with Gasteiger partial charge in [0.1, 0.15) is 0 Å². The third-order valence-electron chi connectivity index (χ3n) is 4.68. The van der Waals surface area contributed by atoms with Gasteiger partial charge in [-0.25, -0.2) is 13.4 Å². The number of benzene rings is 2. The van der Waals surface area contributed by atoms with Crippen LogP contribution in [0.3, 0.4) is 0 Å². The number of anilines is 2. The summed E-state index contributed by atoms with van der Waals surface area (Å²) in [6.07, 6.45) is 0.844. The van der Waals surface area contributed by atoms with Crippen LogP contribution in [-0.2, 0) is 16.4 Å². The molecule has 3 aromatic rings. The summed E-state index contributed by atoms with van der Waals surface area (Å²) in [6, 6.07) is 15.7. The van der Waals surface area contributed by atoms with Gasteiger partial charge in [-0.05, 0) is 51.0 Å². The number of nitrogens with zero attached hydrogens (tertiary/aromatic N) is 2. The maximum atomic E-state index is 13.3. The molecular weight excluding hydrogens is 388 g/mol. The zero-order valence-electron chi connectivity index (χ0n) is 16.4. The van der Waals surface area contributed by atoms with E-state index in [0.29, 0.717) is 29.8 Å². The third-order valence-corrected chi connectivity index (χ3v) is 6.52. The SMILES string of the molecule is Cc1ccc(S(=O)(=O)N(CCCc2c(C)nc(N)[nH]c2=O)c2ccccc2)cc1. The molecule has 29 heavy (non-hydrogen) atoms. The molecule has 0 aliphatic rings. The maximum Gasteiger partial charge on any atom is 0.264 e. The molecule has 7 nitrogen and oxygen atoms in total. The van der Waals surface area contributed by atoms with E-state index < -0.39 is 10.0 Å². The summed E-state index contributed by atoms with van der Waals surface area (Å²) in [6.45, 7) is 3.86. The number of sulfonamides is 1. The summed E-state index contributed by atoms with van der Waals surface area (Å²) in [7, 11) is -3.74. The van der Waals surface area contributed by atoms with Gasteiger partial charge in [-0.3, -0.25) is 14.1 Å². The zero-order chi connectivity index (χ0) is 21.0. The number of aromatic nitrogens is 2. The summed E-state index contributed by atoms with van der Waals surface area (Å²) >= 11 is 0. The molecule has 0 aliphatic heterocycles. The first-order chi connectivity index (χ1) is 13.8. The molecule has 0 fully saturated rings. The van der Waals surface area contributed by atoms with Gasteiger partial charge in [-0.2, -0.15) is 0 Å². The van der Waals surface area contributed by atoms with Gasteiger partial charge in [-0.1, -0.05) is 35.9 Å². The number of rotatable bonds is 7. The second-order valence-electron chi connectivity index (χ2n) is 6.84. The second-order valence-corrected chi connectivity index (χ2v) is 8.71. The second kappa shape index (κ2) is 8.48. The highest BCUT2D eigenvalue weighted by molar-refractivity contribution is 7.92. The van der Waals surface area contributed by atoms with Crippen LogP contribution in [0.15, 0.2) is 64.3 Å². The van der Waals surface area contributed by atoms with Gasteiger partial charge in [0.05, 0.1) is 10.6 Å². The Morgan fingerprint density at radius 2 is 1.69 bits per heavy atom. The van der Waals surface area contributed by atoms with Crippen molar-refractivity contribution in [1.29, 1.82) is 0 Å². The first-order valence-electron chi connectivity index (χ1n) is 9.29. The first kappa shape index (κ1) is 20.6. The average molecular weight is 413 g/mol. The minimum atomic E-state index is -3.74. The standard InChI is InChI=1S/C21H24N4O3S/c1-15-10-12-18(13-11-15)29(27,28)25(17-7-4-3-5-8-17)14-6-9-19-16(2)23-21(22)24-20(19)26/h3-5,7-8,10-13H,6,9,14H2,1-2H3,(H3,22,23,24,26). The highest BCUT2D eigenvalue weighted by atomic mass is 32.2. The van der Waals surface area contributed by atoms with E-state index in [0.717, 1.165) is 5.56 Å². The molecule has 0 saturated carbocycles. The summed E-state index contributed by atoms with van der Waals surface area (Å²) in [5.74, 6) is 0.0733. The molecule has 1 heterocycles. The topological polar surface area (TPSA) is 109 Å². The highest BCUT2D eigenvalue weighted by Gasteiger charge is 2.24. The minimum absolute atomic E-state index is 0.0733. The van der Waals surface area contributed by atoms with Gasteiger partial charge in [0.2, 0.25) is 5.95 Å². The van der Waals surface area contributed by atoms with Gasteiger partial charge in [0.15, 0.2) is 0 Å². The lowest BCUT2D eigenvalue weighted by atomic mass is 10.1. The number of hydrogen-bond donors (Lipinski definition) is 2. The van der Waals surface area contributed by atoms with E-state index in [1.165, 1.54) is 4.31 Å². The molecule has 0 saturated heterocycles. The Balaban J connectivity index is 1.88. The van der Waals surface area contributed by atoms with Crippen molar-refractivity contribution >= 4 is 21.7 Å². The van der Waals surface area contributed by atoms with E-state index >= 15 is 0 Å². The summed E-state index contributed by atoms with van der Waals surface area (Å²) in [5, 5.41) is 0. The van der Waals surface area contributed by atoms with Crippen molar-refractivity contribution in [2.45, 2.75) is 31.6 Å². The van der Waals surface area contributed by atoms with Crippen LogP contribution in [0, 0.1) is 13.8 Å². The Morgan fingerprint density at radius 1 is 1.03 bits per heavy atom. The fourth-order valence-corrected chi connectivity index (χ4v) is 4.65. The van der Waals surface area contributed by atoms with Crippen molar-refractivity contribution in [2.24, 2.45) is 0 Å². The quantitative estimate of drug-likeness (QED) is 0.620. The van der Waals surface area contributed by atoms with Crippen molar-refractivity contribution in [1.82, 2.24) is 9.97 Å². The zero-order valence-corrected chi connectivity index (χ0v) is 17.2. The number of nitrogen functional groups attached to an aromatic ring is 1. The van der Waals surface area contributed by atoms with E-state index in [4.69, 9.17) is 5.73 Å². The van der Waals surface area contributed by atoms with Gasteiger partial charge < -0.3 is 5.73 Å². The van der Waals surface area contributed by atoms with E-state index in [-0.39, 0.29) is 22.9 Å². The normalized spacial score (nSPS) is 11.4. The Labute approximate surface area is 170 Å². The summed E-state index contributed by atoms with van der Waals surface area (Å²) in [5.41, 5.74) is 7.90. The fourth-order valence-electron chi connectivity index (χ4n) is 3.15. The van der Waals surface area contributed by atoms with Gasteiger partial charge in [0.25, 0.3) is 15.6 Å². The van der Waals surface area contributed by atoms with Crippen LogP contribution in [0.5, 0.6) is 0 Å². The first-order valence-corrected chi connectivity index (χ1v) is 10.7. The average Bonchev–Trinajstić information content (AvgIpc) is 2.67. The number of para-hydroxylation sites is 1. The molecular formula is C21H24N4O3S. The number of nitrogens with two attached hydrogens (primary N) is 1. The van der Waals surface area contributed by atoms with Crippen LogP contribution in [0.25, 0.3) is 0 Å². The van der Waals surface area contributed by atoms with E-state index in [1.54, 1.807) is 55.5 Å². The third kappa shape index (κ3) is 4.65. The molecule has 0 radical (unpaired) electrons. The largest absolute Gasteiger partial charge is 0.369 e. The lowest BCUT2D eigenvalue weighted by Crippen LogP contribution is -2.32. The molecule has 0 unspecified atom stereocenters. The van der Waals surface area contributed by atoms with E-state index in [1.807, 2.05) is 13.0 Å².